The second-order valence-corrected chi connectivity index (χ2v) is 11.2. The number of likely N-dealkylation sites (tertiary alicyclic amines) is 1. The van der Waals surface area contributed by atoms with Crippen LogP contribution in [0.2, 0.25) is 0 Å². The van der Waals surface area contributed by atoms with Crippen LogP contribution in [0.1, 0.15) is 48.8 Å². The normalized spacial score (nSPS) is 14.8. The third-order valence-electron chi connectivity index (χ3n) is 6.28. The van der Waals surface area contributed by atoms with Gasteiger partial charge in [-0.25, -0.2) is 4.79 Å². The lowest BCUT2D eigenvalue weighted by Gasteiger charge is -2.33. The molecule has 1 N–H and O–H groups in total. The fourth-order valence-electron chi connectivity index (χ4n) is 4.41. The van der Waals surface area contributed by atoms with Crippen LogP contribution in [0.3, 0.4) is 0 Å². The number of amides is 1. The Hall–Kier alpha value is -3.17. The average molecular weight is 512 g/mol. The van der Waals surface area contributed by atoms with Crippen LogP contribution in [0.25, 0.3) is 21.2 Å². The van der Waals surface area contributed by atoms with Gasteiger partial charge in [0.2, 0.25) is 0 Å². The maximum Gasteiger partial charge on any atom is 0.410 e. The summed E-state index contributed by atoms with van der Waals surface area (Å²) in [4.78, 5) is 39.3. The molecular weight excluding hydrogens is 478 g/mol. The van der Waals surface area contributed by atoms with Crippen molar-refractivity contribution in [2.24, 2.45) is 7.05 Å². The van der Waals surface area contributed by atoms with Crippen molar-refractivity contribution >= 4 is 33.8 Å². The van der Waals surface area contributed by atoms with Gasteiger partial charge in [0.05, 0.1) is 18.1 Å². The summed E-state index contributed by atoms with van der Waals surface area (Å²) in [6, 6.07) is 7.70. The summed E-state index contributed by atoms with van der Waals surface area (Å²) < 4.78 is 13.4. The minimum absolute atomic E-state index is 0.0432. The van der Waals surface area contributed by atoms with E-state index in [1.807, 2.05) is 45.2 Å². The third kappa shape index (κ3) is 5.63. The lowest BCUT2D eigenvalue weighted by Crippen LogP contribution is -2.46. The van der Waals surface area contributed by atoms with Crippen LogP contribution < -0.4 is 15.6 Å². The Kier molecular flexibility index (Phi) is 7.51. The summed E-state index contributed by atoms with van der Waals surface area (Å²) >= 11 is 1.59. The number of aldehydes is 1. The number of methoxy groups -OCH3 is 1. The van der Waals surface area contributed by atoms with E-state index >= 15 is 0 Å². The van der Waals surface area contributed by atoms with Gasteiger partial charge in [-0.2, -0.15) is 0 Å². The second-order valence-electron chi connectivity index (χ2n) is 10.1. The molecule has 0 unspecified atom stereocenters. The van der Waals surface area contributed by atoms with Crippen LogP contribution in [0.4, 0.5) is 4.79 Å². The average Bonchev–Trinajstić information content (AvgIpc) is 3.28. The largest absolute Gasteiger partial charge is 0.496 e. The molecule has 0 aliphatic carbocycles. The summed E-state index contributed by atoms with van der Waals surface area (Å²) in [5.41, 5.74) is 1.75. The molecule has 3 aromatic rings. The fourth-order valence-corrected chi connectivity index (χ4v) is 5.54. The van der Waals surface area contributed by atoms with Gasteiger partial charge < -0.3 is 24.3 Å². The molecular formula is C27H33N3O5S. The van der Waals surface area contributed by atoms with Crippen molar-refractivity contribution in [2.45, 2.75) is 51.8 Å². The number of nitrogens with one attached hydrogen (secondary N) is 1. The van der Waals surface area contributed by atoms with E-state index < -0.39 is 5.60 Å². The second kappa shape index (κ2) is 10.4. The molecule has 192 valence electrons. The molecule has 2 aromatic heterocycles. The SMILES string of the molecule is COc1cc(-c2cn(C)c(=O)c3cc(CNC4CCN(C(=O)OC(C)(C)C)CC4)sc23)ccc1C=O. The van der Waals surface area contributed by atoms with Crippen molar-refractivity contribution in [2.75, 3.05) is 20.2 Å². The Morgan fingerprint density at radius 3 is 2.58 bits per heavy atom. The summed E-state index contributed by atoms with van der Waals surface area (Å²) in [6.07, 6.45) is 4.04. The zero-order valence-electron chi connectivity index (χ0n) is 21.4. The topological polar surface area (TPSA) is 89.9 Å². The molecule has 36 heavy (non-hydrogen) atoms. The van der Waals surface area contributed by atoms with Gasteiger partial charge in [-0.3, -0.25) is 9.59 Å². The molecule has 9 heteroatoms. The van der Waals surface area contributed by atoms with Gasteiger partial charge in [-0.1, -0.05) is 6.07 Å². The van der Waals surface area contributed by atoms with Gasteiger partial charge in [-0.15, -0.1) is 11.3 Å². The minimum Gasteiger partial charge on any atom is -0.496 e. The first-order chi connectivity index (χ1) is 17.1. The highest BCUT2D eigenvalue weighted by Crippen LogP contribution is 2.35. The number of hydrogen-bond acceptors (Lipinski definition) is 7. The Morgan fingerprint density at radius 2 is 1.94 bits per heavy atom. The van der Waals surface area contributed by atoms with E-state index in [0.29, 0.717) is 36.3 Å². The number of rotatable bonds is 6. The fraction of sp³-hybridized carbons (Fsp3) is 0.444. The summed E-state index contributed by atoms with van der Waals surface area (Å²) in [5, 5.41) is 4.27. The molecule has 1 amide bonds. The van der Waals surface area contributed by atoms with E-state index in [9.17, 15) is 14.4 Å². The first-order valence-corrected chi connectivity index (χ1v) is 12.9. The summed E-state index contributed by atoms with van der Waals surface area (Å²) in [6.45, 7) is 7.58. The standard InChI is InChI=1S/C27H33N3O5S/c1-27(2,3)35-26(33)30-10-8-19(9-11-30)28-14-20-13-21-24(36-20)22(15-29(4)25(21)32)17-6-7-18(16-31)23(12-17)34-5/h6-7,12-13,15-16,19,28H,8-11,14H2,1-5H3. The van der Waals surface area contributed by atoms with Crippen molar-refractivity contribution < 1.29 is 19.1 Å². The maximum absolute atomic E-state index is 12.9. The highest BCUT2D eigenvalue weighted by Gasteiger charge is 2.26. The van der Waals surface area contributed by atoms with Crippen LogP contribution in [0, 0.1) is 0 Å². The van der Waals surface area contributed by atoms with Crippen LogP contribution in [-0.2, 0) is 18.3 Å². The van der Waals surface area contributed by atoms with Gasteiger partial charge >= 0.3 is 6.09 Å². The Morgan fingerprint density at radius 1 is 1.22 bits per heavy atom. The maximum atomic E-state index is 12.9. The van der Waals surface area contributed by atoms with E-state index in [4.69, 9.17) is 9.47 Å². The monoisotopic (exact) mass is 511 g/mol. The van der Waals surface area contributed by atoms with E-state index in [0.717, 1.165) is 39.8 Å². The number of thiophene rings is 1. The Bertz CT molecular complexity index is 1330. The van der Waals surface area contributed by atoms with Crippen molar-refractivity contribution in [1.82, 2.24) is 14.8 Å². The van der Waals surface area contributed by atoms with E-state index in [-0.39, 0.29) is 17.7 Å². The molecule has 0 spiro atoms. The first kappa shape index (κ1) is 25.9. The van der Waals surface area contributed by atoms with Gasteiger partial charge in [-0.05, 0) is 57.4 Å². The van der Waals surface area contributed by atoms with Gasteiger partial charge in [0.1, 0.15) is 11.4 Å². The number of ether oxygens (including phenoxy) is 2. The molecule has 0 radical (unpaired) electrons. The molecule has 0 bridgehead atoms. The molecule has 0 saturated carbocycles. The van der Waals surface area contributed by atoms with E-state index in [2.05, 4.69) is 5.32 Å². The summed E-state index contributed by atoms with van der Waals surface area (Å²) in [7, 11) is 3.28. The van der Waals surface area contributed by atoms with Crippen molar-refractivity contribution in [3.8, 4) is 16.9 Å². The van der Waals surface area contributed by atoms with Crippen LogP contribution in [0.15, 0.2) is 35.3 Å². The molecule has 3 heterocycles. The molecule has 1 aliphatic heterocycles. The highest BCUT2D eigenvalue weighted by atomic mass is 32.1. The van der Waals surface area contributed by atoms with E-state index in [1.54, 1.807) is 33.9 Å². The third-order valence-corrected chi connectivity index (χ3v) is 7.45. The molecule has 1 saturated heterocycles. The number of aryl methyl sites for hydroxylation is 1. The predicted molar refractivity (Wildman–Crippen MR) is 142 cm³/mol. The van der Waals surface area contributed by atoms with Crippen LogP contribution >= 0.6 is 11.3 Å². The molecule has 1 aromatic carbocycles. The number of benzene rings is 1. The Labute approximate surface area is 214 Å². The zero-order valence-corrected chi connectivity index (χ0v) is 22.2. The van der Waals surface area contributed by atoms with Gasteiger partial charge in [0.25, 0.3) is 5.56 Å². The number of nitrogens with zero attached hydrogens (tertiary/aromatic N) is 2. The summed E-state index contributed by atoms with van der Waals surface area (Å²) in [5.74, 6) is 0.501. The number of hydrogen-bond donors (Lipinski definition) is 1. The van der Waals surface area contributed by atoms with Gasteiger partial charge in [0.15, 0.2) is 6.29 Å². The molecule has 8 nitrogen and oxygen atoms in total. The number of fused-ring (bicyclic) bond motifs is 1. The number of carbonyl (C=O) groups is 2. The number of carbonyl (C=O) groups excluding carboxylic acids is 2. The van der Waals surface area contributed by atoms with Crippen molar-refractivity contribution in [3.63, 3.8) is 0 Å². The van der Waals surface area contributed by atoms with Crippen LogP contribution in [-0.4, -0.2) is 53.7 Å². The smallest absolute Gasteiger partial charge is 0.410 e. The minimum atomic E-state index is -0.495. The molecule has 0 atom stereocenters. The molecule has 4 rings (SSSR count). The highest BCUT2D eigenvalue weighted by molar-refractivity contribution is 7.19. The van der Waals surface area contributed by atoms with E-state index in [1.165, 1.54) is 7.11 Å². The molecule has 1 aliphatic rings. The Balaban J connectivity index is 1.49. The lowest BCUT2D eigenvalue weighted by molar-refractivity contribution is 0.0198. The number of aromatic nitrogens is 1. The lowest BCUT2D eigenvalue weighted by atomic mass is 10.0. The number of piperidine rings is 1. The van der Waals surface area contributed by atoms with Crippen molar-refractivity contribution in [1.29, 1.82) is 0 Å². The van der Waals surface area contributed by atoms with Crippen molar-refractivity contribution in [3.05, 3.63) is 51.3 Å². The molecule has 1 fully saturated rings. The zero-order chi connectivity index (χ0) is 26.0. The first-order valence-electron chi connectivity index (χ1n) is 12.1. The number of pyridine rings is 1. The predicted octanol–water partition coefficient (Wildman–Crippen LogP) is 4.58. The van der Waals surface area contributed by atoms with Gasteiger partial charge in [0, 0.05) is 54.1 Å². The van der Waals surface area contributed by atoms with Crippen LogP contribution in [0.5, 0.6) is 5.75 Å². The quantitative estimate of drug-likeness (QED) is 0.488.